The fourth-order valence-electron chi connectivity index (χ4n) is 3.32. The predicted molar refractivity (Wildman–Crippen MR) is 85.2 cm³/mol. The number of hydrogen-bond donors (Lipinski definition) is 0. The Hall–Kier alpha value is -0.617. The summed E-state index contributed by atoms with van der Waals surface area (Å²) >= 11 is -0.623. The molecule has 0 amide bonds. The van der Waals surface area contributed by atoms with Crippen LogP contribution >= 0.6 is 0 Å². The molecule has 0 saturated carbocycles. The molecular weight excluding hydrogens is 402 g/mol. The van der Waals surface area contributed by atoms with Gasteiger partial charge in [-0.25, -0.2) is 0 Å². The van der Waals surface area contributed by atoms with E-state index in [0.29, 0.717) is 0 Å². The molecule has 23 heavy (non-hydrogen) atoms. The van der Waals surface area contributed by atoms with Crippen molar-refractivity contribution in [1.29, 1.82) is 0 Å². The van der Waals surface area contributed by atoms with Crippen molar-refractivity contribution in [2.24, 2.45) is 0 Å². The summed E-state index contributed by atoms with van der Waals surface area (Å²) in [6, 6.07) is 0. The number of halogens is 2. The van der Waals surface area contributed by atoms with E-state index in [-0.39, 0.29) is 24.8 Å². The Morgan fingerprint density at radius 2 is 1.09 bits per heavy atom. The molecule has 116 valence electrons. The average Bonchev–Trinajstić information content (AvgIpc) is 3.28. The molecule has 0 aromatic rings. The summed E-state index contributed by atoms with van der Waals surface area (Å²) in [5.74, 6) is 0. The number of rotatable bonds is 4. The third-order valence-corrected chi connectivity index (χ3v) is 8.21. The third-order valence-electron chi connectivity index (χ3n) is 4.40. The van der Waals surface area contributed by atoms with Gasteiger partial charge in [-0.3, -0.25) is 0 Å². The molecule has 0 N–H and O–H groups in total. The topological polar surface area (TPSA) is 0 Å². The largest absolute Gasteiger partial charge is 1.00 e. The summed E-state index contributed by atoms with van der Waals surface area (Å²) < 4.78 is 3.55. The molecule has 0 aromatic carbocycles. The molecule has 0 aliphatic heterocycles. The van der Waals surface area contributed by atoms with Crippen molar-refractivity contribution in [3.63, 3.8) is 0 Å². The summed E-state index contributed by atoms with van der Waals surface area (Å²) in [7, 11) is 0. The Labute approximate surface area is 162 Å². The minimum Gasteiger partial charge on any atom is -1.00 e. The van der Waals surface area contributed by atoms with Gasteiger partial charge in [0.15, 0.2) is 0 Å². The van der Waals surface area contributed by atoms with Crippen LogP contribution in [-0.2, 0) is 23.2 Å². The molecule has 0 atom stereocenters. The Morgan fingerprint density at radius 1 is 0.609 bits per heavy atom. The van der Waals surface area contributed by atoms with Gasteiger partial charge < -0.3 is 24.8 Å². The molecule has 0 spiro atoms. The molecule has 0 fully saturated rings. The van der Waals surface area contributed by atoms with Crippen LogP contribution in [0.2, 0.25) is 0 Å². The van der Waals surface area contributed by atoms with Gasteiger partial charge >= 0.3 is 139 Å². The first kappa shape index (κ1) is 18.7. The van der Waals surface area contributed by atoms with E-state index in [1.807, 2.05) is 0 Å². The second kappa shape index (κ2) is 8.47. The van der Waals surface area contributed by atoms with Gasteiger partial charge in [-0.05, 0) is 0 Å². The Balaban J connectivity index is 0.000000960. The van der Waals surface area contributed by atoms with Crippen molar-refractivity contribution in [2.45, 2.75) is 25.7 Å². The number of hydrogen-bond acceptors (Lipinski definition) is 0. The summed E-state index contributed by atoms with van der Waals surface area (Å²) in [5, 5.41) is 0. The summed E-state index contributed by atoms with van der Waals surface area (Å²) in [4.78, 5) is 0. The molecular formula is C20H18Cl2Zr. The van der Waals surface area contributed by atoms with Crippen molar-refractivity contribution in [3.8, 4) is 0 Å². The second-order valence-electron chi connectivity index (χ2n) is 5.77. The van der Waals surface area contributed by atoms with Gasteiger partial charge in [0.05, 0.1) is 0 Å². The van der Waals surface area contributed by atoms with Crippen molar-refractivity contribution >= 4 is 0 Å². The average molecular weight is 420 g/mol. The summed E-state index contributed by atoms with van der Waals surface area (Å²) in [6.07, 6.45) is 27.7. The zero-order valence-electron chi connectivity index (χ0n) is 12.9. The minimum atomic E-state index is -0.623. The van der Waals surface area contributed by atoms with E-state index < -0.39 is 23.2 Å². The first-order valence-corrected chi connectivity index (χ1v) is 10.2. The molecule has 0 bridgehead atoms. The molecule has 3 heteroatoms. The maximum Gasteiger partial charge on any atom is -1.00 e. The van der Waals surface area contributed by atoms with Crippen molar-refractivity contribution in [3.05, 3.63) is 89.6 Å². The van der Waals surface area contributed by atoms with Crippen LogP contribution in [0.15, 0.2) is 89.6 Å². The van der Waals surface area contributed by atoms with Crippen molar-refractivity contribution in [2.75, 3.05) is 0 Å². The van der Waals surface area contributed by atoms with E-state index in [2.05, 4.69) is 60.8 Å². The SMILES string of the molecule is C1=CCC(C2=[C]([Zr+2][C]3=C(C4=CC=CC4)C=CC3)CC=C2)=C1.[Cl-].[Cl-]. The molecule has 4 aliphatic carbocycles. The van der Waals surface area contributed by atoms with Gasteiger partial charge in [-0.1, -0.05) is 0 Å². The normalized spacial score (nSPS) is 20.7. The van der Waals surface area contributed by atoms with E-state index >= 15 is 0 Å². The molecule has 0 aromatic heterocycles. The third kappa shape index (κ3) is 3.90. The molecule has 0 saturated heterocycles. The zero-order chi connectivity index (χ0) is 14.1. The van der Waals surface area contributed by atoms with E-state index in [4.69, 9.17) is 0 Å². The maximum absolute atomic E-state index is 2.37. The van der Waals surface area contributed by atoms with Crippen LogP contribution in [0.3, 0.4) is 0 Å². The van der Waals surface area contributed by atoms with Crippen LogP contribution in [0, 0.1) is 0 Å². The summed E-state index contributed by atoms with van der Waals surface area (Å²) in [5.41, 5.74) is 6.22. The first-order chi connectivity index (χ1) is 10.4. The van der Waals surface area contributed by atoms with Crippen LogP contribution in [0.1, 0.15) is 25.7 Å². The van der Waals surface area contributed by atoms with Gasteiger partial charge in [-0.15, -0.1) is 0 Å². The van der Waals surface area contributed by atoms with E-state index in [9.17, 15) is 0 Å². The second-order valence-corrected chi connectivity index (χ2v) is 9.35. The van der Waals surface area contributed by atoms with E-state index in [1.54, 1.807) is 17.7 Å². The van der Waals surface area contributed by atoms with Crippen LogP contribution < -0.4 is 24.8 Å². The first-order valence-electron chi connectivity index (χ1n) is 7.70. The maximum atomic E-state index is 2.37. The van der Waals surface area contributed by atoms with Gasteiger partial charge in [0.2, 0.25) is 0 Å². The van der Waals surface area contributed by atoms with Crippen LogP contribution in [-0.4, -0.2) is 0 Å². The van der Waals surface area contributed by atoms with Gasteiger partial charge in [0.1, 0.15) is 0 Å². The fraction of sp³-hybridized carbons (Fsp3) is 0.200. The summed E-state index contributed by atoms with van der Waals surface area (Å²) in [6.45, 7) is 0. The monoisotopic (exact) mass is 418 g/mol. The van der Waals surface area contributed by atoms with E-state index in [1.165, 1.54) is 24.0 Å². The standard InChI is InChI=1S/2C10H9.2ClH.Zr/c2*1-2-6-9(5-1)10-7-3-4-8-10;;;/h2*1-3,5,7H,4,6H2;2*1H;/q;;;;+2/p-2. The van der Waals surface area contributed by atoms with Gasteiger partial charge in [0, 0.05) is 0 Å². The zero-order valence-corrected chi connectivity index (χ0v) is 16.8. The molecule has 0 heterocycles. The molecule has 4 rings (SSSR count). The van der Waals surface area contributed by atoms with E-state index in [0.717, 1.165) is 12.8 Å². The molecule has 0 radical (unpaired) electrons. The van der Waals surface area contributed by atoms with Gasteiger partial charge in [-0.2, -0.15) is 0 Å². The fourth-order valence-corrected chi connectivity index (χ4v) is 7.16. The quantitative estimate of drug-likeness (QED) is 0.563. The Bertz CT molecular complexity index is 663. The smallest absolute Gasteiger partial charge is 1.00 e. The number of allylic oxidation sites excluding steroid dienone is 16. The molecule has 4 aliphatic rings. The van der Waals surface area contributed by atoms with Crippen LogP contribution in [0.25, 0.3) is 0 Å². The molecule has 0 nitrogen and oxygen atoms in total. The Morgan fingerprint density at radius 3 is 1.48 bits per heavy atom. The molecule has 0 unspecified atom stereocenters. The van der Waals surface area contributed by atoms with Crippen LogP contribution in [0.4, 0.5) is 0 Å². The van der Waals surface area contributed by atoms with Crippen molar-refractivity contribution in [1.82, 2.24) is 0 Å². The minimum absolute atomic E-state index is 0. The predicted octanol–water partition coefficient (Wildman–Crippen LogP) is -0.722. The van der Waals surface area contributed by atoms with Gasteiger partial charge in [0.25, 0.3) is 0 Å². The Kier molecular flexibility index (Phi) is 6.89. The van der Waals surface area contributed by atoms with Crippen LogP contribution in [0.5, 0.6) is 0 Å². The van der Waals surface area contributed by atoms with Crippen molar-refractivity contribution < 1.29 is 48.0 Å².